The predicted octanol–water partition coefficient (Wildman–Crippen LogP) is 3.17. The van der Waals surface area contributed by atoms with Gasteiger partial charge in [-0.3, -0.25) is 14.5 Å². The number of aromatic nitrogens is 3. The number of hydrogen-bond acceptors (Lipinski definition) is 3. The fourth-order valence-electron chi connectivity index (χ4n) is 2.27. The van der Waals surface area contributed by atoms with Crippen molar-refractivity contribution in [1.29, 1.82) is 0 Å². The molecule has 3 aromatic rings. The fourth-order valence-corrected chi connectivity index (χ4v) is 2.53. The quantitative estimate of drug-likeness (QED) is 0.767. The number of amides is 1. The Morgan fingerprint density at radius 1 is 1.22 bits per heavy atom. The smallest absolute Gasteiger partial charge is 0.251 e. The van der Waals surface area contributed by atoms with Gasteiger partial charge < -0.3 is 5.32 Å². The zero-order chi connectivity index (χ0) is 16.2. The van der Waals surface area contributed by atoms with Crippen LogP contribution in [0.4, 0.5) is 0 Å². The fraction of sp³-hybridized carbons (Fsp3) is 0.118. The Bertz CT molecular complexity index is 827. The highest BCUT2D eigenvalue weighted by Gasteiger charge is 2.07. The number of nitrogens with one attached hydrogen (secondary N) is 1. The lowest BCUT2D eigenvalue weighted by Gasteiger charge is -2.07. The Labute approximate surface area is 142 Å². The van der Waals surface area contributed by atoms with Crippen LogP contribution in [0.25, 0.3) is 11.3 Å². The maximum Gasteiger partial charge on any atom is 0.251 e. The van der Waals surface area contributed by atoms with Gasteiger partial charge in [0, 0.05) is 47.8 Å². The maximum atomic E-state index is 12.1. The van der Waals surface area contributed by atoms with Crippen molar-refractivity contribution in [2.45, 2.75) is 6.54 Å². The lowest BCUT2D eigenvalue weighted by molar-refractivity contribution is 0.0951. The number of halogens is 1. The van der Waals surface area contributed by atoms with E-state index in [2.05, 4.69) is 31.3 Å². The average Bonchev–Trinajstić information content (AvgIpc) is 3.00. The first-order valence-electron chi connectivity index (χ1n) is 7.09. The largest absolute Gasteiger partial charge is 0.348 e. The van der Waals surface area contributed by atoms with E-state index in [0.29, 0.717) is 12.1 Å². The molecule has 0 unspecified atom stereocenters. The van der Waals surface area contributed by atoms with Crippen LogP contribution in [0.3, 0.4) is 0 Å². The molecule has 0 bridgehead atoms. The van der Waals surface area contributed by atoms with Crippen molar-refractivity contribution in [2.75, 3.05) is 0 Å². The molecule has 1 aromatic carbocycles. The number of carbonyl (C=O) groups excluding carboxylic acids is 1. The minimum atomic E-state index is -0.108. The van der Waals surface area contributed by atoms with Gasteiger partial charge in [0.05, 0.1) is 5.69 Å². The molecule has 0 saturated carbocycles. The number of aryl methyl sites for hydroxylation is 1. The molecular weight excluding hydrogens is 356 g/mol. The first-order chi connectivity index (χ1) is 11.1. The van der Waals surface area contributed by atoms with E-state index in [-0.39, 0.29) is 5.91 Å². The SMILES string of the molecule is Cn1nccc1-c1cncc(CNC(=O)c2ccc(Br)cc2)c1. The standard InChI is InChI=1S/C17H15BrN4O/c1-22-16(6-7-21-22)14-8-12(9-19-11-14)10-20-17(23)13-2-4-15(18)5-3-13/h2-9,11H,10H2,1H3,(H,20,23). The van der Waals surface area contributed by atoms with Crippen molar-refractivity contribution in [3.8, 4) is 11.3 Å². The number of rotatable bonds is 4. The molecule has 23 heavy (non-hydrogen) atoms. The maximum absolute atomic E-state index is 12.1. The summed E-state index contributed by atoms with van der Waals surface area (Å²) < 4.78 is 2.74. The molecule has 2 aromatic heterocycles. The average molecular weight is 371 g/mol. The van der Waals surface area contributed by atoms with Gasteiger partial charge in [0.1, 0.15) is 0 Å². The summed E-state index contributed by atoms with van der Waals surface area (Å²) in [7, 11) is 1.89. The van der Waals surface area contributed by atoms with Crippen LogP contribution in [-0.4, -0.2) is 20.7 Å². The summed E-state index contributed by atoms with van der Waals surface area (Å²) in [5.41, 5.74) is 3.53. The molecule has 6 heteroatoms. The van der Waals surface area contributed by atoms with Gasteiger partial charge in [-0.05, 0) is 42.0 Å². The van der Waals surface area contributed by atoms with Gasteiger partial charge in [-0.15, -0.1) is 0 Å². The van der Waals surface area contributed by atoms with Gasteiger partial charge in [-0.1, -0.05) is 15.9 Å². The van der Waals surface area contributed by atoms with Crippen LogP contribution < -0.4 is 5.32 Å². The molecule has 0 atom stereocenters. The molecule has 0 aliphatic rings. The normalized spacial score (nSPS) is 10.5. The van der Waals surface area contributed by atoms with E-state index in [0.717, 1.165) is 21.3 Å². The lowest BCUT2D eigenvalue weighted by Crippen LogP contribution is -2.22. The summed E-state index contributed by atoms with van der Waals surface area (Å²) in [6.07, 6.45) is 5.29. The molecule has 3 rings (SSSR count). The first-order valence-corrected chi connectivity index (χ1v) is 7.89. The van der Waals surface area contributed by atoms with Gasteiger partial charge in [0.2, 0.25) is 0 Å². The van der Waals surface area contributed by atoms with E-state index in [9.17, 15) is 4.79 Å². The van der Waals surface area contributed by atoms with Crippen LogP contribution in [0.15, 0.2) is 59.5 Å². The number of pyridine rings is 1. The molecule has 0 fully saturated rings. The molecule has 1 amide bonds. The van der Waals surface area contributed by atoms with Crippen molar-refractivity contribution in [2.24, 2.45) is 7.05 Å². The minimum absolute atomic E-state index is 0.108. The van der Waals surface area contributed by atoms with E-state index >= 15 is 0 Å². The zero-order valence-corrected chi connectivity index (χ0v) is 14.1. The van der Waals surface area contributed by atoms with Crippen molar-refractivity contribution in [3.05, 3.63) is 70.6 Å². The summed E-state index contributed by atoms with van der Waals surface area (Å²) in [5.74, 6) is -0.108. The van der Waals surface area contributed by atoms with Crippen LogP contribution in [-0.2, 0) is 13.6 Å². The Kier molecular flexibility index (Phi) is 4.52. The number of nitrogens with zero attached hydrogens (tertiary/aromatic N) is 3. The molecule has 0 aliphatic carbocycles. The van der Waals surface area contributed by atoms with Crippen LogP contribution in [0.1, 0.15) is 15.9 Å². The number of hydrogen-bond donors (Lipinski definition) is 1. The second-order valence-corrected chi connectivity index (χ2v) is 6.03. The molecular formula is C17H15BrN4O. The summed E-state index contributed by atoms with van der Waals surface area (Å²) in [5, 5.41) is 7.06. The summed E-state index contributed by atoms with van der Waals surface area (Å²) in [4.78, 5) is 16.4. The number of benzene rings is 1. The van der Waals surface area contributed by atoms with Gasteiger partial charge in [0.15, 0.2) is 0 Å². The molecule has 116 valence electrons. The second kappa shape index (κ2) is 6.75. The topological polar surface area (TPSA) is 59.8 Å². The van der Waals surface area contributed by atoms with Gasteiger partial charge in [0.25, 0.3) is 5.91 Å². The van der Waals surface area contributed by atoms with Gasteiger partial charge in [-0.2, -0.15) is 5.10 Å². The monoisotopic (exact) mass is 370 g/mol. The second-order valence-electron chi connectivity index (χ2n) is 5.11. The summed E-state index contributed by atoms with van der Waals surface area (Å²) in [6, 6.07) is 11.2. The van der Waals surface area contributed by atoms with Crippen LogP contribution in [0, 0.1) is 0 Å². The summed E-state index contributed by atoms with van der Waals surface area (Å²) >= 11 is 3.36. The lowest BCUT2D eigenvalue weighted by atomic mass is 10.1. The Morgan fingerprint density at radius 3 is 2.70 bits per heavy atom. The third kappa shape index (κ3) is 3.65. The zero-order valence-electron chi connectivity index (χ0n) is 12.5. The highest BCUT2D eigenvalue weighted by Crippen LogP contribution is 2.18. The van der Waals surface area contributed by atoms with E-state index < -0.39 is 0 Å². The van der Waals surface area contributed by atoms with Gasteiger partial charge >= 0.3 is 0 Å². The molecule has 0 saturated heterocycles. The molecule has 5 nitrogen and oxygen atoms in total. The van der Waals surface area contributed by atoms with Crippen molar-refractivity contribution < 1.29 is 4.79 Å². The third-order valence-electron chi connectivity index (χ3n) is 3.47. The van der Waals surface area contributed by atoms with E-state index in [4.69, 9.17) is 0 Å². The van der Waals surface area contributed by atoms with Gasteiger partial charge in [-0.25, -0.2) is 0 Å². The minimum Gasteiger partial charge on any atom is -0.348 e. The van der Waals surface area contributed by atoms with Crippen LogP contribution in [0.5, 0.6) is 0 Å². The molecule has 2 heterocycles. The molecule has 0 aliphatic heterocycles. The molecule has 0 spiro atoms. The van der Waals surface area contributed by atoms with E-state index in [1.165, 1.54) is 0 Å². The van der Waals surface area contributed by atoms with Crippen molar-refractivity contribution in [1.82, 2.24) is 20.1 Å². The Hall–Kier alpha value is -2.47. The van der Waals surface area contributed by atoms with Crippen LogP contribution in [0.2, 0.25) is 0 Å². The van der Waals surface area contributed by atoms with Crippen LogP contribution >= 0.6 is 15.9 Å². The Morgan fingerprint density at radius 2 is 2.00 bits per heavy atom. The highest BCUT2D eigenvalue weighted by atomic mass is 79.9. The predicted molar refractivity (Wildman–Crippen MR) is 91.8 cm³/mol. The van der Waals surface area contributed by atoms with Crippen molar-refractivity contribution >= 4 is 21.8 Å². The first kappa shape index (κ1) is 15.4. The highest BCUT2D eigenvalue weighted by molar-refractivity contribution is 9.10. The van der Waals surface area contributed by atoms with E-state index in [1.54, 1.807) is 35.4 Å². The van der Waals surface area contributed by atoms with Crippen molar-refractivity contribution in [3.63, 3.8) is 0 Å². The Balaban J connectivity index is 1.70. The third-order valence-corrected chi connectivity index (χ3v) is 4.00. The summed E-state index contributed by atoms with van der Waals surface area (Å²) in [6.45, 7) is 0.424. The molecule has 0 radical (unpaired) electrons. The van der Waals surface area contributed by atoms with E-state index in [1.807, 2.05) is 31.3 Å². The molecule has 1 N–H and O–H groups in total. The number of carbonyl (C=O) groups is 1.